The summed E-state index contributed by atoms with van der Waals surface area (Å²) in [5.41, 5.74) is 3.17. The summed E-state index contributed by atoms with van der Waals surface area (Å²) in [6, 6.07) is 11.8. The minimum atomic E-state index is -3.67. The Labute approximate surface area is 159 Å². The summed E-state index contributed by atoms with van der Waals surface area (Å²) in [6.07, 6.45) is 1.87. The summed E-state index contributed by atoms with van der Waals surface area (Å²) in [7, 11) is -3.67. The second kappa shape index (κ2) is 6.93. The Morgan fingerprint density at radius 1 is 1.23 bits per heavy atom. The number of amides is 1. The molecule has 5 nitrogen and oxygen atoms in total. The first-order valence-electron chi connectivity index (χ1n) is 8.35. The van der Waals surface area contributed by atoms with Gasteiger partial charge in [0, 0.05) is 17.3 Å². The molecule has 138 valence electrons. The number of fused-ring (bicyclic) bond motifs is 1. The van der Waals surface area contributed by atoms with Crippen LogP contribution < -0.4 is 9.21 Å². The quantitative estimate of drug-likeness (QED) is 0.801. The summed E-state index contributed by atoms with van der Waals surface area (Å²) >= 11 is 6.17. The van der Waals surface area contributed by atoms with Crippen LogP contribution in [0.4, 0.5) is 11.4 Å². The Hall–Kier alpha value is -2.05. The fourth-order valence-electron chi connectivity index (χ4n) is 3.31. The third-order valence-corrected chi connectivity index (χ3v) is 6.28. The van der Waals surface area contributed by atoms with Crippen LogP contribution in [0.2, 0.25) is 5.02 Å². The van der Waals surface area contributed by atoms with Gasteiger partial charge in [0.25, 0.3) is 5.91 Å². The number of nitrogens with zero attached hydrogens (tertiary/aromatic N) is 2. The number of hydrogen-bond donors (Lipinski definition) is 0. The molecule has 0 aromatic heterocycles. The van der Waals surface area contributed by atoms with E-state index in [1.165, 1.54) is 0 Å². The predicted molar refractivity (Wildman–Crippen MR) is 105 cm³/mol. The standard InChI is InChI=1S/C19H21ClN2O3S/c1-13-8-9-16(12-17(13)20)22(26(3,24)25)14(2)19(23)21-11-10-15-6-4-5-7-18(15)21/h4-9,12,14H,10-11H2,1-3H3/t14-/m1/s1. The van der Waals surface area contributed by atoms with Crippen molar-refractivity contribution in [2.45, 2.75) is 26.3 Å². The van der Waals surface area contributed by atoms with E-state index in [0.717, 1.165) is 33.8 Å². The molecule has 0 radical (unpaired) electrons. The van der Waals surface area contributed by atoms with Gasteiger partial charge in [0.15, 0.2) is 0 Å². The molecule has 2 aromatic rings. The lowest BCUT2D eigenvalue weighted by atomic mass is 10.1. The average molecular weight is 393 g/mol. The summed E-state index contributed by atoms with van der Waals surface area (Å²) in [5.74, 6) is -0.253. The van der Waals surface area contributed by atoms with Gasteiger partial charge in [-0.15, -0.1) is 0 Å². The Morgan fingerprint density at radius 3 is 2.58 bits per heavy atom. The second-order valence-corrected chi connectivity index (χ2v) is 8.80. The van der Waals surface area contributed by atoms with Crippen molar-refractivity contribution in [2.24, 2.45) is 0 Å². The molecule has 1 heterocycles. The van der Waals surface area contributed by atoms with Gasteiger partial charge in [0.05, 0.1) is 11.9 Å². The fraction of sp³-hybridized carbons (Fsp3) is 0.316. The highest BCUT2D eigenvalue weighted by atomic mass is 35.5. The molecule has 3 rings (SSSR count). The maximum atomic E-state index is 13.1. The molecule has 7 heteroatoms. The van der Waals surface area contributed by atoms with E-state index in [1.54, 1.807) is 30.0 Å². The SMILES string of the molecule is Cc1ccc(N([C@H](C)C(=O)N2CCc3ccccc32)S(C)(=O)=O)cc1Cl. The average Bonchev–Trinajstić information content (AvgIpc) is 3.00. The summed E-state index contributed by atoms with van der Waals surface area (Å²) in [4.78, 5) is 14.8. The molecular weight excluding hydrogens is 372 g/mol. The number of sulfonamides is 1. The summed E-state index contributed by atoms with van der Waals surface area (Å²) < 4.78 is 26.0. The Morgan fingerprint density at radius 2 is 1.92 bits per heavy atom. The largest absolute Gasteiger partial charge is 0.310 e. The van der Waals surface area contributed by atoms with Gasteiger partial charge in [0.2, 0.25) is 10.0 Å². The van der Waals surface area contributed by atoms with E-state index in [2.05, 4.69) is 0 Å². The summed E-state index contributed by atoms with van der Waals surface area (Å²) in [5, 5.41) is 0.460. The van der Waals surface area contributed by atoms with E-state index in [1.807, 2.05) is 31.2 Å². The van der Waals surface area contributed by atoms with Crippen molar-refractivity contribution in [1.29, 1.82) is 0 Å². The molecule has 0 aliphatic carbocycles. The molecule has 0 unspecified atom stereocenters. The van der Waals surface area contributed by atoms with Gasteiger partial charge in [-0.2, -0.15) is 0 Å². The third kappa shape index (κ3) is 3.44. The minimum absolute atomic E-state index is 0.253. The third-order valence-electron chi connectivity index (χ3n) is 4.63. The molecule has 26 heavy (non-hydrogen) atoms. The number of aryl methyl sites for hydroxylation is 1. The van der Waals surface area contributed by atoms with E-state index in [-0.39, 0.29) is 5.91 Å². The van der Waals surface area contributed by atoms with Crippen molar-refractivity contribution < 1.29 is 13.2 Å². The van der Waals surface area contributed by atoms with E-state index in [4.69, 9.17) is 11.6 Å². The van der Waals surface area contributed by atoms with Crippen LogP contribution >= 0.6 is 11.6 Å². The van der Waals surface area contributed by atoms with Gasteiger partial charge in [0.1, 0.15) is 6.04 Å². The second-order valence-electron chi connectivity index (χ2n) is 6.54. The van der Waals surface area contributed by atoms with Crippen LogP contribution in [0.25, 0.3) is 0 Å². The highest BCUT2D eigenvalue weighted by Crippen LogP contribution is 2.31. The molecule has 0 saturated carbocycles. The highest BCUT2D eigenvalue weighted by molar-refractivity contribution is 7.92. The number of rotatable bonds is 4. The molecule has 0 fully saturated rings. The first-order valence-corrected chi connectivity index (χ1v) is 10.6. The lowest BCUT2D eigenvalue weighted by Crippen LogP contribution is -2.49. The Kier molecular flexibility index (Phi) is 4.99. The van der Waals surface area contributed by atoms with Crippen molar-refractivity contribution in [1.82, 2.24) is 0 Å². The normalized spacial score (nSPS) is 14.8. The molecule has 1 aliphatic heterocycles. The molecule has 0 bridgehead atoms. The summed E-state index contributed by atoms with van der Waals surface area (Å²) in [6.45, 7) is 4.00. The van der Waals surface area contributed by atoms with Gasteiger partial charge < -0.3 is 4.90 Å². The van der Waals surface area contributed by atoms with Gasteiger partial charge in [-0.05, 0) is 49.6 Å². The van der Waals surface area contributed by atoms with Gasteiger partial charge >= 0.3 is 0 Å². The van der Waals surface area contributed by atoms with Crippen LogP contribution in [0.1, 0.15) is 18.1 Å². The van der Waals surface area contributed by atoms with E-state index >= 15 is 0 Å². The number of benzene rings is 2. The molecule has 0 spiro atoms. The van der Waals surface area contributed by atoms with Crippen LogP contribution in [0.15, 0.2) is 42.5 Å². The van der Waals surface area contributed by atoms with Gasteiger partial charge in [-0.25, -0.2) is 8.42 Å². The zero-order valence-corrected chi connectivity index (χ0v) is 16.5. The first-order chi connectivity index (χ1) is 12.2. The molecular formula is C19H21ClN2O3S. The highest BCUT2D eigenvalue weighted by Gasteiger charge is 2.35. The number of para-hydroxylation sites is 1. The molecule has 1 aliphatic rings. The molecule has 1 amide bonds. The van der Waals surface area contributed by atoms with Gasteiger partial charge in [-0.1, -0.05) is 35.9 Å². The Balaban J connectivity index is 1.97. The molecule has 0 saturated heterocycles. The number of anilines is 2. The molecule has 1 atom stereocenters. The lowest BCUT2D eigenvalue weighted by molar-refractivity contribution is -0.119. The van der Waals surface area contributed by atoms with Crippen LogP contribution in [-0.4, -0.2) is 33.2 Å². The Bertz CT molecular complexity index is 959. The zero-order valence-electron chi connectivity index (χ0n) is 14.9. The smallest absolute Gasteiger partial charge is 0.250 e. The zero-order chi connectivity index (χ0) is 19.1. The van der Waals surface area contributed by atoms with Crippen molar-refractivity contribution >= 4 is 38.9 Å². The fourth-order valence-corrected chi connectivity index (χ4v) is 4.65. The van der Waals surface area contributed by atoms with E-state index in [9.17, 15) is 13.2 Å². The number of hydrogen-bond acceptors (Lipinski definition) is 3. The molecule has 2 aromatic carbocycles. The number of carbonyl (C=O) groups is 1. The van der Waals surface area contributed by atoms with E-state index < -0.39 is 16.1 Å². The monoisotopic (exact) mass is 392 g/mol. The minimum Gasteiger partial charge on any atom is -0.310 e. The van der Waals surface area contributed by atoms with Crippen LogP contribution in [0.5, 0.6) is 0 Å². The molecule has 0 N–H and O–H groups in total. The van der Waals surface area contributed by atoms with Crippen molar-refractivity contribution in [3.8, 4) is 0 Å². The van der Waals surface area contributed by atoms with Crippen molar-refractivity contribution in [2.75, 3.05) is 22.0 Å². The lowest BCUT2D eigenvalue weighted by Gasteiger charge is -2.31. The van der Waals surface area contributed by atoms with Crippen LogP contribution in [0, 0.1) is 6.92 Å². The maximum Gasteiger partial charge on any atom is 0.250 e. The van der Waals surface area contributed by atoms with Crippen LogP contribution in [-0.2, 0) is 21.2 Å². The van der Waals surface area contributed by atoms with Crippen molar-refractivity contribution in [3.05, 3.63) is 58.6 Å². The van der Waals surface area contributed by atoms with Gasteiger partial charge in [-0.3, -0.25) is 9.10 Å². The van der Waals surface area contributed by atoms with E-state index in [0.29, 0.717) is 17.3 Å². The first kappa shape index (κ1) is 18.7. The number of halogens is 1. The number of carbonyl (C=O) groups excluding carboxylic acids is 1. The van der Waals surface area contributed by atoms with Crippen LogP contribution in [0.3, 0.4) is 0 Å². The maximum absolute atomic E-state index is 13.1. The topological polar surface area (TPSA) is 57.7 Å². The van der Waals surface area contributed by atoms with Crippen molar-refractivity contribution in [3.63, 3.8) is 0 Å². The predicted octanol–water partition coefficient (Wildman–Crippen LogP) is 3.39.